The van der Waals surface area contributed by atoms with Gasteiger partial charge < -0.3 is 15.4 Å². The Morgan fingerprint density at radius 3 is 2.58 bits per heavy atom. The van der Waals surface area contributed by atoms with E-state index >= 15 is 0 Å². The molecular formula is C16H20N2O. The van der Waals surface area contributed by atoms with Crippen LogP contribution in [0.15, 0.2) is 48.5 Å². The Balaban J connectivity index is 2.19. The van der Waals surface area contributed by atoms with Gasteiger partial charge >= 0.3 is 0 Å². The molecule has 0 spiro atoms. The third-order valence-electron chi connectivity index (χ3n) is 3.12. The van der Waals surface area contributed by atoms with E-state index in [0.717, 1.165) is 30.2 Å². The van der Waals surface area contributed by atoms with Crippen molar-refractivity contribution in [2.45, 2.75) is 13.5 Å². The fourth-order valence-corrected chi connectivity index (χ4v) is 2.10. The molecule has 0 radical (unpaired) electrons. The summed E-state index contributed by atoms with van der Waals surface area (Å²) < 4.78 is 5.27. The molecule has 0 aliphatic heterocycles. The molecule has 0 atom stereocenters. The SMILES string of the molecule is CCN(Cc1cccc(N)c1)c1cccc(OC)c1. The first-order valence-electron chi connectivity index (χ1n) is 6.46. The van der Waals surface area contributed by atoms with Gasteiger partial charge in [-0.05, 0) is 36.8 Å². The van der Waals surface area contributed by atoms with Crippen LogP contribution in [-0.4, -0.2) is 13.7 Å². The van der Waals surface area contributed by atoms with Gasteiger partial charge in [-0.25, -0.2) is 0 Å². The fraction of sp³-hybridized carbons (Fsp3) is 0.250. The molecule has 2 rings (SSSR count). The molecule has 0 aliphatic rings. The Bertz CT molecular complexity index is 540. The second-order valence-corrected chi connectivity index (χ2v) is 4.46. The maximum atomic E-state index is 5.82. The highest BCUT2D eigenvalue weighted by Gasteiger charge is 2.06. The van der Waals surface area contributed by atoms with Gasteiger partial charge in [0, 0.05) is 30.5 Å². The highest BCUT2D eigenvalue weighted by Crippen LogP contribution is 2.22. The van der Waals surface area contributed by atoms with E-state index in [1.807, 2.05) is 30.3 Å². The van der Waals surface area contributed by atoms with Crippen molar-refractivity contribution in [1.29, 1.82) is 0 Å². The smallest absolute Gasteiger partial charge is 0.120 e. The number of ether oxygens (including phenoxy) is 1. The van der Waals surface area contributed by atoms with Gasteiger partial charge in [0.05, 0.1) is 7.11 Å². The molecule has 2 aromatic carbocycles. The molecule has 0 bridgehead atoms. The maximum absolute atomic E-state index is 5.82. The van der Waals surface area contributed by atoms with E-state index in [9.17, 15) is 0 Å². The molecule has 0 unspecified atom stereocenters. The number of methoxy groups -OCH3 is 1. The predicted octanol–water partition coefficient (Wildman–Crippen LogP) is 3.30. The number of nitrogen functional groups attached to an aromatic ring is 1. The van der Waals surface area contributed by atoms with Crippen molar-refractivity contribution >= 4 is 11.4 Å². The van der Waals surface area contributed by atoms with Crippen LogP contribution in [0.5, 0.6) is 5.75 Å². The first kappa shape index (κ1) is 13.3. The molecule has 0 aromatic heterocycles. The van der Waals surface area contributed by atoms with E-state index in [0.29, 0.717) is 0 Å². The van der Waals surface area contributed by atoms with Crippen molar-refractivity contribution in [3.8, 4) is 5.75 Å². The number of nitrogens with two attached hydrogens (primary N) is 1. The van der Waals surface area contributed by atoms with Crippen molar-refractivity contribution in [3.63, 3.8) is 0 Å². The first-order chi connectivity index (χ1) is 9.22. The molecule has 0 saturated heterocycles. The van der Waals surface area contributed by atoms with E-state index in [1.54, 1.807) is 7.11 Å². The highest BCUT2D eigenvalue weighted by atomic mass is 16.5. The molecule has 0 heterocycles. The summed E-state index contributed by atoms with van der Waals surface area (Å²) in [5, 5.41) is 0. The van der Waals surface area contributed by atoms with Gasteiger partial charge in [-0.3, -0.25) is 0 Å². The topological polar surface area (TPSA) is 38.5 Å². The van der Waals surface area contributed by atoms with Crippen LogP contribution in [0, 0.1) is 0 Å². The van der Waals surface area contributed by atoms with Crippen LogP contribution in [-0.2, 0) is 6.54 Å². The number of hydrogen-bond donors (Lipinski definition) is 1. The lowest BCUT2D eigenvalue weighted by atomic mass is 10.1. The van der Waals surface area contributed by atoms with Crippen LogP contribution in [0.4, 0.5) is 11.4 Å². The molecule has 100 valence electrons. The zero-order chi connectivity index (χ0) is 13.7. The summed E-state index contributed by atoms with van der Waals surface area (Å²) in [5.74, 6) is 0.878. The van der Waals surface area contributed by atoms with Crippen molar-refractivity contribution < 1.29 is 4.74 Å². The van der Waals surface area contributed by atoms with Gasteiger partial charge in [0.2, 0.25) is 0 Å². The molecule has 2 N–H and O–H groups in total. The maximum Gasteiger partial charge on any atom is 0.120 e. The van der Waals surface area contributed by atoms with Gasteiger partial charge in [-0.1, -0.05) is 18.2 Å². The van der Waals surface area contributed by atoms with Crippen LogP contribution in [0.25, 0.3) is 0 Å². The average molecular weight is 256 g/mol. The standard InChI is InChI=1S/C16H20N2O/c1-3-18(12-13-6-4-7-14(17)10-13)15-8-5-9-16(11-15)19-2/h4-11H,3,12,17H2,1-2H3. The summed E-state index contributed by atoms with van der Waals surface area (Å²) in [5.41, 5.74) is 9.00. The third-order valence-corrected chi connectivity index (χ3v) is 3.12. The molecule has 3 heteroatoms. The van der Waals surface area contributed by atoms with Gasteiger partial charge in [-0.2, -0.15) is 0 Å². The summed E-state index contributed by atoms with van der Waals surface area (Å²) in [6.07, 6.45) is 0. The molecule has 0 saturated carbocycles. The Morgan fingerprint density at radius 1 is 1.11 bits per heavy atom. The van der Waals surface area contributed by atoms with Crippen molar-refractivity contribution in [2.75, 3.05) is 24.3 Å². The second kappa shape index (κ2) is 6.14. The predicted molar refractivity (Wildman–Crippen MR) is 80.6 cm³/mol. The number of rotatable bonds is 5. The Kier molecular flexibility index (Phi) is 4.29. The monoisotopic (exact) mass is 256 g/mol. The Morgan fingerprint density at radius 2 is 1.89 bits per heavy atom. The van der Waals surface area contributed by atoms with E-state index in [-0.39, 0.29) is 0 Å². The zero-order valence-electron chi connectivity index (χ0n) is 11.5. The molecule has 0 aliphatic carbocycles. The average Bonchev–Trinajstić information content (AvgIpc) is 2.45. The first-order valence-corrected chi connectivity index (χ1v) is 6.46. The van der Waals surface area contributed by atoms with Gasteiger partial charge in [0.15, 0.2) is 0 Å². The summed E-state index contributed by atoms with van der Waals surface area (Å²) in [4.78, 5) is 2.29. The van der Waals surface area contributed by atoms with Crippen LogP contribution < -0.4 is 15.4 Å². The summed E-state index contributed by atoms with van der Waals surface area (Å²) in [7, 11) is 1.69. The number of nitrogens with zero attached hydrogens (tertiary/aromatic N) is 1. The lowest BCUT2D eigenvalue weighted by Crippen LogP contribution is -2.21. The van der Waals surface area contributed by atoms with Crippen molar-refractivity contribution in [2.24, 2.45) is 0 Å². The van der Waals surface area contributed by atoms with Crippen LogP contribution in [0.1, 0.15) is 12.5 Å². The second-order valence-electron chi connectivity index (χ2n) is 4.46. The zero-order valence-corrected chi connectivity index (χ0v) is 11.5. The van der Waals surface area contributed by atoms with Crippen LogP contribution in [0.3, 0.4) is 0 Å². The van der Waals surface area contributed by atoms with Crippen LogP contribution in [0.2, 0.25) is 0 Å². The minimum atomic E-state index is 0.805. The van der Waals surface area contributed by atoms with E-state index < -0.39 is 0 Å². The molecule has 19 heavy (non-hydrogen) atoms. The number of hydrogen-bond acceptors (Lipinski definition) is 3. The minimum absolute atomic E-state index is 0.805. The van der Waals surface area contributed by atoms with Gasteiger partial charge in [0.25, 0.3) is 0 Å². The van der Waals surface area contributed by atoms with Crippen LogP contribution >= 0.6 is 0 Å². The highest BCUT2D eigenvalue weighted by molar-refractivity contribution is 5.52. The molecule has 0 fully saturated rings. The van der Waals surface area contributed by atoms with Crippen molar-refractivity contribution in [3.05, 3.63) is 54.1 Å². The minimum Gasteiger partial charge on any atom is -0.497 e. The normalized spacial score (nSPS) is 10.2. The lowest BCUT2D eigenvalue weighted by molar-refractivity contribution is 0.415. The summed E-state index contributed by atoms with van der Waals surface area (Å²) in [6, 6.07) is 16.1. The van der Waals surface area contributed by atoms with Gasteiger partial charge in [0.1, 0.15) is 5.75 Å². The summed E-state index contributed by atoms with van der Waals surface area (Å²) in [6.45, 7) is 3.92. The van der Waals surface area contributed by atoms with E-state index in [2.05, 4.69) is 30.0 Å². The Labute approximate surface area is 114 Å². The van der Waals surface area contributed by atoms with E-state index in [4.69, 9.17) is 10.5 Å². The molecule has 0 amide bonds. The number of benzene rings is 2. The van der Waals surface area contributed by atoms with Gasteiger partial charge in [-0.15, -0.1) is 0 Å². The molecule has 2 aromatic rings. The lowest BCUT2D eigenvalue weighted by Gasteiger charge is -2.23. The quantitative estimate of drug-likeness (QED) is 0.834. The third kappa shape index (κ3) is 3.41. The Hall–Kier alpha value is -2.16. The summed E-state index contributed by atoms with van der Waals surface area (Å²) >= 11 is 0. The molecular weight excluding hydrogens is 236 g/mol. The number of anilines is 2. The molecule has 3 nitrogen and oxygen atoms in total. The van der Waals surface area contributed by atoms with E-state index in [1.165, 1.54) is 5.56 Å². The van der Waals surface area contributed by atoms with Crippen molar-refractivity contribution in [1.82, 2.24) is 0 Å². The fourth-order valence-electron chi connectivity index (χ4n) is 2.10. The largest absolute Gasteiger partial charge is 0.497 e.